The molecule has 2 aromatic rings. The van der Waals surface area contributed by atoms with E-state index >= 15 is 0 Å². The average molecular weight is 300 g/mol. The number of aliphatic hydroxyl groups excluding tert-OH is 2. The monoisotopic (exact) mass is 300 g/mol. The summed E-state index contributed by atoms with van der Waals surface area (Å²) in [5, 5.41) is 20.9. The Bertz CT molecular complexity index is 731. The molecule has 22 heavy (non-hydrogen) atoms. The lowest BCUT2D eigenvalue weighted by atomic mass is 9.89. The van der Waals surface area contributed by atoms with Crippen LogP contribution in [0.4, 0.5) is 4.39 Å². The van der Waals surface area contributed by atoms with Gasteiger partial charge in [0, 0.05) is 5.56 Å². The van der Waals surface area contributed by atoms with Gasteiger partial charge in [0.15, 0.2) is 5.78 Å². The number of benzene rings is 2. The van der Waals surface area contributed by atoms with Crippen molar-refractivity contribution in [2.75, 3.05) is 0 Å². The van der Waals surface area contributed by atoms with Crippen LogP contribution in [0.1, 0.15) is 44.8 Å². The number of fused-ring (bicyclic) bond motifs is 1. The second kappa shape index (κ2) is 5.30. The summed E-state index contributed by atoms with van der Waals surface area (Å²) in [6.45, 7) is 3.41. The van der Waals surface area contributed by atoms with Gasteiger partial charge in [-0.3, -0.25) is 4.79 Å². The molecule has 4 heteroatoms. The number of halogens is 1. The average Bonchev–Trinajstić information content (AvgIpc) is 2.76. The predicted molar refractivity (Wildman–Crippen MR) is 80.1 cm³/mol. The number of hydrogen-bond acceptors (Lipinski definition) is 3. The highest BCUT2D eigenvalue weighted by Crippen LogP contribution is 2.42. The Morgan fingerprint density at radius 3 is 2.50 bits per heavy atom. The zero-order chi connectivity index (χ0) is 16.0. The molecule has 2 N–H and O–H groups in total. The first-order valence-electron chi connectivity index (χ1n) is 7.17. The Balaban J connectivity index is 2.01. The van der Waals surface area contributed by atoms with Crippen molar-refractivity contribution in [3.8, 4) is 0 Å². The molecule has 0 saturated heterocycles. The van der Waals surface area contributed by atoms with Gasteiger partial charge in [-0.25, -0.2) is 4.39 Å². The summed E-state index contributed by atoms with van der Waals surface area (Å²) in [5.41, 5.74) is 2.46. The van der Waals surface area contributed by atoms with E-state index in [0.29, 0.717) is 27.8 Å². The fourth-order valence-electron chi connectivity index (χ4n) is 3.03. The summed E-state index contributed by atoms with van der Waals surface area (Å²) in [6.07, 6.45) is -2.33. The van der Waals surface area contributed by atoms with Gasteiger partial charge in [-0.2, -0.15) is 0 Å². The van der Waals surface area contributed by atoms with E-state index in [9.17, 15) is 19.4 Å². The smallest absolute Gasteiger partial charge is 0.172 e. The molecule has 3 unspecified atom stereocenters. The second-order valence-electron chi connectivity index (χ2n) is 5.81. The minimum Gasteiger partial charge on any atom is -0.388 e. The zero-order valence-corrected chi connectivity index (χ0v) is 12.4. The molecule has 0 saturated carbocycles. The van der Waals surface area contributed by atoms with Crippen LogP contribution in [0.15, 0.2) is 36.4 Å². The van der Waals surface area contributed by atoms with Gasteiger partial charge in [-0.15, -0.1) is 0 Å². The first-order chi connectivity index (χ1) is 10.4. The Kier molecular flexibility index (Phi) is 3.59. The van der Waals surface area contributed by atoms with E-state index in [4.69, 9.17) is 0 Å². The number of aliphatic hydroxyl groups is 2. The lowest BCUT2D eigenvalue weighted by Gasteiger charge is -2.21. The van der Waals surface area contributed by atoms with Crippen molar-refractivity contribution >= 4 is 5.78 Å². The highest BCUT2D eigenvalue weighted by atomic mass is 19.1. The van der Waals surface area contributed by atoms with Crippen molar-refractivity contribution in [2.24, 2.45) is 5.92 Å². The molecule has 3 atom stereocenters. The van der Waals surface area contributed by atoms with E-state index in [1.807, 2.05) is 0 Å². The van der Waals surface area contributed by atoms with E-state index in [0.717, 1.165) is 0 Å². The van der Waals surface area contributed by atoms with Crippen LogP contribution in [0.5, 0.6) is 0 Å². The summed E-state index contributed by atoms with van der Waals surface area (Å²) >= 11 is 0. The van der Waals surface area contributed by atoms with E-state index < -0.39 is 23.9 Å². The van der Waals surface area contributed by atoms with Gasteiger partial charge in [0.05, 0.1) is 18.1 Å². The molecule has 1 aliphatic carbocycles. The maximum atomic E-state index is 13.9. The molecular formula is C18H17FO3. The summed E-state index contributed by atoms with van der Waals surface area (Å²) < 4.78 is 13.9. The maximum Gasteiger partial charge on any atom is 0.172 e. The molecule has 3 nitrogen and oxygen atoms in total. The van der Waals surface area contributed by atoms with Gasteiger partial charge in [0.2, 0.25) is 0 Å². The lowest BCUT2D eigenvalue weighted by molar-refractivity contribution is 0.0223. The maximum absolute atomic E-state index is 13.9. The van der Waals surface area contributed by atoms with Crippen molar-refractivity contribution in [1.29, 1.82) is 0 Å². The standard InChI is InChI=1S/C18H17FO3/c1-9-7-11(8-14(19)10(9)2)16(20)15-17(21)12-5-3-4-6-13(12)18(15)22/h3-8,15-17,20-21H,1-2H3. The van der Waals surface area contributed by atoms with Gasteiger partial charge < -0.3 is 10.2 Å². The van der Waals surface area contributed by atoms with Crippen LogP contribution in [0, 0.1) is 25.6 Å². The number of carbonyl (C=O) groups excluding carboxylic acids is 1. The van der Waals surface area contributed by atoms with Crippen molar-refractivity contribution in [3.05, 3.63) is 70.0 Å². The summed E-state index contributed by atoms with van der Waals surface area (Å²) in [4.78, 5) is 12.4. The molecule has 0 bridgehead atoms. The number of aryl methyl sites for hydroxylation is 1. The van der Waals surface area contributed by atoms with E-state index in [1.165, 1.54) is 6.07 Å². The predicted octanol–water partition coefficient (Wildman–Crippen LogP) is 3.02. The largest absolute Gasteiger partial charge is 0.388 e. The van der Waals surface area contributed by atoms with Crippen LogP contribution in [0.25, 0.3) is 0 Å². The highest BCUT2D eigenvalue weighted by molar-refractivity contribution is 6.03. The molecule has 0 fully saturated rings. The van der Waals surface area contributed by atoms with Crippen LogP contribution in [-0.2, 0) is 0 Å². The third kappa shape index (κ3) is 2.16. The van der Waals surface area contributed by atoms with Crippen molar-refractivity contribution in [3.63, 3.8) is 0 Å². The van der Waals surface area contributed by atoms with Crippen LogP contribution in [-0.4, -0.2) is 16.0 Å². The minimum atomic E-state index is -1.25. The van der Waals surface area contributed by atoms with Gasteiger partial charge in [0.25, 0.3) is 0 Å². The Morgan fingerprint density at radius 1 is 1.18 bits per heavy atom. The Labute approximate surface area is 128 Å². The van der Waals surface area contributed by atoms with Gasteiger partial charge in [0.1, 0.15) is 5.82 Å². The quantitative estimate of drug-likeness (QED) is 0.896. The third-order valence-corrected chi connectivity index (χ3v) is 4.50. The van der Waals surface area contributed by atoms with Gasteiger partial charge in [-0.1, -0.05) is 30.3 Å². The molecule has 0 amide bonds. The van der Waals surface area contributed by atoms with Crippen LogP contribution < -0.4 is 0 Å². The normalized spacial score (nSPS) is 21.8. The molecule has 3 rings (SSSR count). The van der Waals surface area contributed by atoms with E-state index in [2.05, 4.69) is 0 Å². The molecule has 0 aromatic heterocycles. The molecule has 0 aliphatic heterocycles. The first kappa shape index (κ1) is 14.9. The Morgan fingerprint density at radius 2 is 1.86 bits per heavy atom. The molecule has 1 aliphatic rings. The number of Topliss-reactive ketones (excluding diaryl/α,β-unsaturated/α-hetero) is 1. The summed E-state index contributed by atoms with van der Waals surface area (Å²) in [7, 11) is 0. The van der Waals surface area contributed by atoms with Crippen molar-refractivity contribution in [2.45, 2.75) is 26.1 Å². The molecule has 0 heterocycles. The topological polar surface area (TPSA) is 57.5 Å². The highest BCUT2D eigenvalue weighted by Gasteiger charge is 2.43. The summed E-state index contributed by atoms with van der Waals surface area (Å²) in [5.74, 6) is -1.74. The lowest BCUT2D eigenvalue weighted by Crippen LogP contribution is -2.22. The van der Waals surface area contributed by atoms with E-state index in [1.54, 1.807) is 44.2 Å². The van der Waals surface area contributed by atoms with Crippen molar-refractivity contribution < 1.29 is 19.4 Å². The fraction of sp³-hybridized carbons (Fsp3) is 0.278. The van der Waals surface area contributed by atoms with Crippen molar-refractivity contribution in [1.82, 2.24) is 0 Å². The second-order valence-corrected chi connectivity index (χ2v) is 5.81. The molecule has 2 aromatic carbocycles. The SMILES string of the molecule is Cc1cc(C(O)C2C(=O)c3ccccc3C2O)cc(F)c1C. The number of ketones is 1. The molecule has 0 radical (unpaired) electrons. The zero-order valence-electron chi connectivity index (χ0n) is 12.4. The first-order valence-corrected chi connectivity index (χ1v) is 7.17. The Hall–Kier alpha value is -2.04. The van der Waals surface area contributed by atoms with Crippen LogP contribution in [0.3, 0.4) is 0 Å². The molecule has 114 valence electrons. The molecule has 0 spiro atoms. The third-order valence-electron chi connectivity index (χ3n) is 4.50. The number of hydrogen-bond donors (Lipinski definition) is 2. The molecular weight excluding hydrogens is 283 g/mol. The number of rotatable bonds is 2. The summed E-state index contributed by atoms with van der Waals surface area (Å²) in [6, 6.07) is 9.65. The van der Waals surface area contributed by atoms with Gasteiger partial charge >= 0.3 is 0 Å². The number of carbonyl (C=O) groups is 1. The fourth-order valence-corrected chi connectivity index (χ4v) is 3.03. The van der Waals surface area contributed by atoms with Crippen LogP contribution in [0.2, 0.25) is 0 Å². The van der Waals surface area contributed by atoms with E-state index in [-0.39, 0.29) is 5.78 Å². The van der Waals surface area contributed by atoms with Crippen LogP contribution >= 0.6 is 0 Å². The minimum absolute atomic E-state index is 0.311. The van der Waals surface area contributed by atoms with Gasteiger partial charge in [-0.05, 0) is 42.2 Å².